The average molecular weight is 515 g/mol. The molecule has 0 bridgehead atoms. The number of hydrogen-bond donors (Lipinski definition) is 2. The molecule has 1 atom stereocenters. The molecule has 1 fully saturated rings. The quantitative estimate of drug-likeness (QED) is 0.527. The van der Waals surface area contributed by atoms with Crippen molar-refractivity contribution >= 4 is 46.2 Å². The molecule has 0 aliphatic carbocycles. The maximum Gasteiger partial charge on any atom is 0.409 e. The molecule has 0 spiro atoms. The number of anilines is 2. The van der Waals surface area contributed by atoms with Crippen LogP contribution in [0.5, 0.6) is 0 Å². The zero-order valence-electron chi connectivity index (χ0n) is 20.4. The maximum atomic E-state index is 13.4. The highest BCUT2D eigenvalue weighted by molar-refractivity contribution is 6.33. The second kappa shape index (κ2) is 10.0. The van der Waals surface area contributed by atoms with Gasteiger partial charge in [-0.15, -0.1) is 0 Å². The lowest BCUT2D eigenvalue weighted by Crippen LogP contribution is -2.50. The van der Waals surface area contributed by atoms with Crippen LogP contribution in [0.15, 0.2) is 29.2 Å². The van der Waals surface area contributed by atoms with Gasteiger partial charge in [0.25, 0.3) is 5.56 Å². The van der Waals surface area contributed by atoms with Gasteiger partial charge in [-0.3, -0.25) is 9.36 Å². The summed E-state index contributed by atoms with van der Waals surface area (Å²) in [7, 11) is 3.02. The van der Waals surface area contributed by atoms with E-state index >= 15 is 0 Å². The van der Waals surface area contributed by atoms with Crippen molar-refractivity contribution in [2.45, 2.75) is 19.9 Å². The van der Waals surface area contributed by atoms with E-state index in [0.717, 1.165) is 5.56 Å². The van der Waals surface area contributed by atoms with Crippen molar-refractivity contribution in [1.29, 1.82) is 0 Å². The van der Waals surface area contributed by atoms with E-state index < -0.39 is 12.0 Å². The zero-order valence-corrected chi connectivity index (χ0v) is 21.2. The molecule has 4 rings (SSSR count). The molecule has 1 saturated heterocycles. The number of nitrogens with one attached hydrogen (secondary N) is 1. The molecule has 36 heavy (non-hydrogen) atoms. The molecule has 1 amide bonds. The highest BCUT2D eigenvalue weighted by Gasteiger charge is 2.26. The Morgan fingerprint density at radius 1 is 1.22 bits per heavy atom. The number of hydrogen-bond acceptors (Lipinski definition) is 8. The van der Waals surface area contributed by atoms with E-state index in [-0.39, 0.29) is 28.1 Å². The van der Waals surface area contributed by atoms with E-state index in [9.17, 15) is 19.5 Å². The number of aromatic carboxylic acids is 1. The summed E-state index contributed by atoms with van der Waals surface area (Å²) in [6.07, 6.45) is 0.948. The van der Waals surface area contributed by atoms with Gasteiger partial charge >= 0.3 is 12.1 Å². The van der Waals surface area contributed by atoms with Crippen molar-refractivity contribution in [1.82, 2.24) is 19.4 Å². The SMILES string of the molecule is COC(=O)N1CCN(c2nc3c(C(C)Nc4c(Cl)ccnc4C(=O)O)cc(C)cc3c(=O)n2C)CC1. The fraction of sp³-hybridized carbons (Fsp3) is 0.375. The van der Waals surface area contributed by atoms with Gasteiger partial charge in [0.05, 0.1) is 34.8 Å². The van der Waals surface area contributed by atoms with Crippen molar-refractivity contribution in [2.24, 2.45) is 7.05 Å². The third kappa shape index (κ3) is 4.66. The normalized spacial score (nSPS) is 14.6. The number of halogens is 1. The Labute approximate surface area is 212 Å². The van der Waals surface area contributed by atoms with Crippen LogP contribution in [0.2, 0.25) is 5.02 Å². The number of ether oxygens (including phenoxy) is 1. The smallest absolute Gasteiger partial charge is 0.409 e. The van der Waals surface area contributed by atoms with Crippen LogP contribution in [-0.2, 0) is 11.8 Å². The van der Waals surface area contributed by atoms with Crippen LogP contribution in [0.4, 0.5) is 16.4 Å². The number of carboxylic acids is 1. The summed E-state index contributed by atoms with van der Waals surface area (Å²) in [6, 6.07) is 4.77. The Balaban J connectivity index is 1.76. The third-order valence-electron chi connectivity index (χ3n) is 6.26. The number of piperazine rings is 1. The van der Waals surface area contributed by atoms with Crippen LogP contribution in [-0.4, -0.2) is 69.9 Å². The standard InChI is InChI=1S/C24H27ClN6O5/c1-13-11-15(14(2)27-19-17(25)5-6-26-20(19)22(33)34)18-16(12-13)21(32)29(3)23(28-18)30-7-9-31(10-8-30)24(35)36-4/h5-6,11-12,14,27H,7-10H2,1-4H3,(H,33,34). The number of amides is 1. The van der Waals surface area contributed by atoms with Crippen molar-refractivity contribution in [2.75, 3.05) is 43.5 Å². The summed E-state index contributed by atoms with van der Waals surface area (Å²) in [5.41, 5.74) is 1.88. The molecule has 3 heterocycles. The molecular formula is C24H27ClN6O5. The minimum absolute atomic E-state index is 0.191. The maximum absolute atomic E-state index is 13.4. The predicted molar refractivity (Wildman–Crippen MR) is 136 cm³/mol. The first-order chi connectivity index (χ1) is 17.1. The van der Waals surface area contributed by atoms with E-state index in [1.54, 1.807) is 18.0 Å². The number of nitrogens with zero attached hydrogens (tertiary/aromatic N) is 5. The number of aromatic nitrogens is 3. The number of carbonyl (C=O) groups is 2. The molecule has 190 valence electrons. The predicted octanol–water partition coefficient (Wildman–Crippen LogP) is 3.05. The van der Waals surface area contributed by atoms with E-state index in [2.05, 4.69) is 10.3 Å². The van der Waals surface area contributed by atoms with Crippen molar-refractivity contribution < 1.29 is 19.4 Å². The van der Waals surface area contributed by atoms with Gasteiger partial charge in [-0.1, -0.05) is 17.7 Å². The van der Waals surface area contributed by atoms with Crippen LogP contribution >= 0.6 is 11.6 Å². The molecule has 1 unspecified atom stereocenters. The highest BCUT2D eigenvalue weighted by Crippen LogP contribution is 2.32. The average Bonchev–Trinajstić information content (AvgIpc) is 2.86. The molecule has 11 nitrogen and oxygen atoms in total. The molecule has 0 saturated carbocycles. The minimum atomic E-state index is -1.21. The van der Waals surface area contributed by atoms with Crippen molar-refractivity contribution in [3.63, 3.8) is 0 Å². The van der Waals surface area contributed by atoms with Gasteiger partial charge in [0.15, 0.2) is 5.69 Å². The first-order valence-electron chi connectivity index (χ1n) is 11.4. The molecule has 1 aromatic carbocycles. The van der Waals surface area contributed by atoms with Crippen LogP contribution < -0.4 is 15.8 Å². The van der Waals surface area contributed by atoms with Gasteiger partial charge < -0.3 is 25.0 Å². The second-order valence-electron chi connectivity index (χ2n) is 8.66. The van der Waals surface area contributed by atoms with Crippen LogP contribution in [0.3, 0.4) is 0 Å². The van der Waals surface area contributed by atoms with E-state index in [0.29, 0.717) is 48.6 Å². The summed E-state index contributed by atoms with van der Waals surface area (Å²) < 4.78 is 6.32. The number of benzene rings is 1. The lowest BCUT2D eigenvalue weighted by molar-refractivity contribution is 0.0691. The number of fused-ring (bicyclic) bond motifs is 1. The van der Waals surface area contributed by atoms with Crippen LogP contribution in [0.1, 0.15) is 34.6 Å². The van der Waals surface area contributed by atoms with Gasteiger partial charge in [-0.05, 0) is 31.5 Å². The Kier molecular flexibility index (Phi) is 7.02. The summed E-state index contributed by atoms with van der Waals surface area (Å²) in [6.45, 7) is 5.59. The first-order valence-corrected chi connectivity index (χ1v) is 11.7. The summed E-state index contributed by atoms with van der Waals surface area (Å²) in [4.78, 5) is 49.3. The molecule has 2 aromatic heterocycles. The number of aryl methyl sites for hydroxylation is 1. The van der Waals surface area contributed by atoms with E-state index in [4.69, 9.17) is 21.3 Å². The number of rotatable bonds is 5. The van der Waals surface area contributed by atoms with Gasteiger partial charge in [-0.25, -0.2) is 19.6 Å². The summed E-state index contributed by atoms with van der Waals surface area (Å²) in [5.74, 6) is -0.721. The number of pyridine rings is 1. The summed E-state index contributed by atoms with van der Waals surface area (Å²) in [5, 5.41) is 13.4. The van der Waals surface area contributed by atoms with Gasteiger partial charge in [0.2, 0.25) is 5.95 Å². The minimum Gasteiger partial charge on any atom is -0.476 e. The van der Waals surface area contributed by atoms with Gasteiger partial charge in [0, 0.05) is 45.0 Å². The molecule has 1 aliphatic heterocycles. The molecule has 1 aliphatic rings. The number of methoxy groups -OCH3 is 1. The monoisotopic (exact) mass is 514 g/mol. The lowest BCUT2D eigenvalue weighted by Gasteiger charge is -2.35. The largest absolute Gasteiger partial charge is 0.476 e. The van der Waals surface area contributed by atoms with E-state index in [1.165, 1.54) is 23.9 Å². The van der Waals surface area contributed by atoms with Crippen molar-refractivity contribution in [3.05, 3.63) is 56.6 Å². The van der Waals surface area contributed by atoms with Gasteiger partial charge in [0.1, 0.15) is 0 Å². The van der Waals surface area contributed by atoms with Crippen LogP contribution in [0.25, 0.3) is 10.9 Å². The summed E-state index contributed by atoms with van der Waals surface area (Å²) >= 11 is 6.29. The molecular weight excluding hydrogens is 488 g/mol. The number of carbonyl (C=O) groups excluding carboxylic acids is 1. The lowest BCUT2D eigenvalue weighted by atomic mass is 10.0. The molecule has 12 heteroatoms. The van der Waals surface area contributed by atoms with Gasteiger partial charge in [-0.2, -0.15) is 0 Å². The Morgan fingerprint density at radius 2 is 1.92 bits per heavy atom. The third-order valence-corrected chi connectivity index (χ3v) is 6.57. The fourth-order valence-corrected chi connectivity index (χ4v) is 4.60. The zero-order chi connectivity index (χ0) is 26.1. The second-order valence-corrected chi connectivity index (χ2v) is 9.07. The molecule has 2 N–H and O–H groups in total. The number of carboxylic acid groups (broad SMARTS) is 1. The molecule has 0 radical (unpaired) electrons. The Bertz CT molecular complexity index is 1400. The van der Waals surface area contributed by atoms with Crippen LogP contribution in [0, 0.1) is 6.92 Å². The fourth-order valence-electron chi connectivity index (χ4n) is 4.40. The Hall–Kier alpha value is -3.86. The highest BCUT2D eigenvalue weighted by atomic mass is 35.5. The first kappa shape index (κ1) is 25.2. The molecule has 3 aromatic rings. The van der Waals surface area contributed by atoms with E-state index in [1.807, 2.05) is 24.8 Å². The Morgan fingerprint density at radius 3 is 2.56 bits per heavy atom. The van der Waals surface area contributed by atoms with Crippen molar-refractivity contribution in [3.8, 4) is 0 Å². The topological polar surface area (TPSA) is 130 Å².